The van der Waals surface area contributed by atoms with Crippen molar-refractivity contribution in [3.05, 3.63) is 65.1 Å². The minimum Gasteiger partial charge on any atom is -0.490 e. The van der Waals surface area contributed by atoms with Crippen molar-refractivity contribution in [3.8, 4) is 11.5 Å². The molecule has 0 bridgehead atoms. The predicted molar refractivity (Wildman–Crippen MR) is 95.7 cm³/mol. The summed E-state index contributed by atoms with van der Waals surface area (Å²) >= 11 is 0. The van der Waals surface area contributed by atoms with Crippen LogP contribution in [0.15, 0.2) is 53.2 Å². The lowest BCUT2D eigenvalue weighted by molar-refractivity contribution is -0.115. The van der Waals surface area contributed by atoms with E-state index in [1.165, 1.54) is 12.1 Å². The Hall–Kier alpha value is -3.15. The molecule has 2 aromatic carbocycles. The monoisotopic (exact) mass is 352 g/mol. The van der Waals surface area contributed by atoms with Gasteiger partial charge >= 0.3 is 0 Å². The Labute approximate surface area is 150 Å². The quantitative estimate of drug-likeness (QED) is 0.864. The molecule has 0 radical (unpaired) electrons. The predicted octanol–water partition coefficient (Wildman–Crippen LogP) is 3.10. The maximum atomic E-state index is 13.0. The van der Waals surface area contributed by atoms with Crippen molar-refractivity contribution < 1.29 is 18.7 Å². The number of aliphatic imine (C=N–C) groups is 1. The van der Waals surface area contributed by atoms with Gasteiger partial charge in [-0.3, -0.25) is 4.79 Å². The van der Waals surface area contributed by atoms with E-state index >= 15 is 0 Å². The summed E-state index contributed by atoms with van der Waals surface area (Å²) in [4.78, 5) is 16.5. The van der Waals surface area contributed by atoms with Crippen LogP contribution in [-0.4, -0.2) is 25.0 Å². The molecule has 1 amide bonds. The van der Waals surface area contributed by atoms with Gasteiger partial charge in [0.25, 0.3) is 5.91 Å². The lowest BCUT2D eigenvalue weighted by Gasteiger charge is -2.07. The fourth-order valence-corrected chi connectivity index (χ4v) is 2.82. The third kappa shape index (κ3) is 3.59. The highest BCUT2D eigenvalue weighted by Gasteiger charge is 2.20. The average Bonchev–Trinajstić information content (AvgIpc) is 2.83. The molecule has 2 aliphatic rings. The average molecular weight is 352 g/mol. The maximum Gasteiger partial charge on any atom is 0.275 e. The van der Waals surface area contributed by atoms with E-state index in [1.54, 1.807) is 18.2 Å². The molecule has 5 nitrogen and oxygen atoms in total. The second-order valence-electron chi connectivity index (χ2n) is 6.10. The second kappa shape index (κ2) is 7.00. The first-order chi connectivity index (χ1) is 12.7. The van der Waals surface area contributed by atoms with Crippen LogP contribution in [0.1, 0.15) is 17.5 Å². The molecular weight excluding hydrogens is 335 g/mol. The Morgan fingerprint density at radius 3 is 2.65 bits per heavy atom. The zero-order valence-corrected chi connectivity index (χ0v) is 14.0. The van der Waals surface area contributed by atoms with Crippen molar-refractivity contribution in [2.24, 2.45) is 4.99 Å². The van der Waals surface area contributed by atoms with E-state index < -0.39 is 0 Å². The molecule has 1 N–H and O–H groups in total. The second-order valence-corrected chi connectivity index (χ2v) is 6.10. The number of nitrogens with zero attached hydrogens (tertiary/aromatic N) is 1. The van der Waals surface area contributed by atoms with E-state index in [2.05, 4.69) is 10.3 Å². The summed E-state index contributed by atoms with van der Waals surface area (Å²) in [5, 5.41) is 2.75. The zero-order chi connectivity index (χ0) is 17.9. The van der Waals surface area contributed by atoms with Crippen molar-refractivity contribution in [2.45, 2.75) is 12.8 Å². The number of amides is 1. The number of ether oxygens (including phenoxy) is 2. The third-order valence-electron chi connectivity index (χ3n) is 4.11. The van der Waals surface area contributed by atoms with Crippen molar-refractivity contribution in [1.29, 1.82) is 0 Å². The highest BCUT2D eigenvalue weighted by Crippen LogP contribution is 2.31. The number of rotatable bonds is 3. The number of hydrogen-bond donors (Lipinski definition) is 1. The Balaban J connectivity index is 1.55. The van der Waals surface area contributed by atoms with E-state index in [1.807, 2.05) is 18.2 Å². The molecule has 4 rings (SSSR count). The van der Waals surface area contributed by atoms with Crippen LogP contribution >= 0.6 is 0 Å². The molecule has 2 heterocycles. The zero-order valence-electron chi connectivity index (χ0n) is 14.0. The van der Waals surface area contributed by atoms with Crippen LogP contribution in [0.4, 0.5) is 4.39 Å². The van der Waals surface area contributed by atoms with E-state index in [9.17, 15) is 9.18 Å². The maximum absolute atomic E-state index is 13.0. The Morgan fingerprint density at radius 2 is 1.85 bits per heavy atom. The van der Waals surface area contributed by atoms with Gasteiger partial charge in [0, 0.05) is 12.8 Å². The van der Waals surface area contributed by atoms with Gasteiger partial charge in [0.2, 0.25) is 0 Å². The van der Waals surface area contributed by atoms with E-state index in [0.29, 0.717) is 42.7 Å². The van der Waals surface area contributed by atoms with Gasteiger partial charge in [0.15, 0.2) is 11.5 Å². The minimum atomic E-state index is -0.291. The van der Waals surface area contributed by atoms with Crippen molar-refractivity contribution >= 4 is 17.8 Å². The normalized spacial score (nSPS) is 17.7. The number of carbonyl (C=O) groups excluding carboxylic acids is 1. The number of nitrogens with one attached hydrogen (secondary N) is 1. The fraction of sp³-hybridized carbons (Fsp3) is 0.200. The number of amidine groups is 1. The van der Waals surface area contributed by atoms with Gasteiger partial charge in [0.1, 0.15) is 17.3 Å². The molecule has 132 valence electrons. The first-order valence-corrected chi connectivity index (χ1v) is 8.42. The summed E-state index contributed by atoms with van der Waals surface area (Å²) in [5.41, 5.74) is 2.02. The van der Waals surface area contributed by atoms with Gasteiger partial charge in [-0.25, -0.2) is 9.38 Å². The first kappa shape index (κ1) is 16.3. The number of hydrogen-bond acceptors (Lipinski definition) is 4. The van der Waals surface area contributed by atoms with Gasteiger partial charge in [0.05, 0.1) is 13.2 Å². The molecule has 2 aliphatic heterocycles. The Kier molecular flexibility index (Phi) is 4.39. The molecule has 0 spiro atoms. The molecule has 0 aliphatic carbocycles. The van der Waals surface area contributed by atoms with Crippen molar-refractivity contribution in [3.63, 3.8) is 0 Å². The highest BCUT2D eigenvalue weighted by atomic mass is 19.1. The Morgan fingerprint density at radius 1 is 1.08 bits per heavy atom. The van der Waals surface area contributed by atoms with E-state index in [0.717, 1.165) is 17.5 Å². The topological polar surface area (TPSA) is 59.9 Å². The summed E-state index contributed by atoms with van der Waals surface area (Å²) in [6.45, 7) is 1.24. The molecule has 0 saturated carbocycles. The van der Waals surface area contributed by atoms with Crippen LogP contribution in [0, 0.1) is 5.82 Å². The minimum absolute atomic E-state index is 0.255. The molecular formula is C20H17FN2O3. The first-order valence-electron chi connectivity index (χ1n) is 8.42. The number of fused-ring (bicyclic) bond motifs is 1. The van der Waals surface area contributed by atoms with Gasteiger partial charge in [-0.2, -0.15) is 0 Å². The molecule has 0 unspecified atom stereocenters. The fourth-order valence-electron chi connectivity index (χ4n) is 2.82. The Bertz CT molecular complexity index is 904. The van der Waals surface area contributed by atoms with E-state index in [4.69, 9.17) is 9.47 Å². The van der Waals surface area contributed by atoms with Crippen LogP contribution in [0.2, 0.25) is 0 Å². The number of carbonyl (C=O) groups is 1. The van der Waals surface area contributed by atoms with Crippen LogP contribution in [0.3, 0.4) is 0 Å². The summed E-state index contributed by atoms with van der Waals surface area (Å²) in [6, 6.07) is 11.7. The summed E-state index contributed by atoms with van der Waals surface area (Å²) in [7, 11) is 0. The SMILES string of the molecule is O=C1NC(Cc2ccc(F)cc2)=N/C1=C/c1ccc2c(c1)OCCCO2. The molecule has 2 aromatic rings. The summed E-state index contributed by atoms with van der Waals surface area (Å²) in [5.74, 6) is 1.38. The van der Waals surface area contributed by atoms with Crippen molar-refractivity contribution in [1.82, 2.24) is 5.32 Å². The number of benzene rings is 2. The summed E-state index contributed by atoms with van der Waals surface area (Å²) < 4.78 is 24.3. The standard InChI is InChI=1S/C20H17FN2O3/c21-15-5-2-13(3-6-15)12-19-22-16(20(24)23-19)10-14-4-7-17-18(11-14)26-9-1-8-25-17/h2-7,10-11H,1,8-9,12H2,(H,22,23,24)/b16-10+. The molecule has 6 heteroatoms. The van der Waals surface area contributed by atoms with E-state index in [-0.39, 0.29) is 11.7 Å². The summed E-state index contributed by atoms with van der Waals surface area (Å²) in [6.07, 6.45) is 2.98. The van der Waals surface area contributed by atoms with Gasteiger partial charge < -0.3 is 14.8 Å². The largest absolute Gasteiger partial charge is 0.490 e. The number of halogens is 1. The molecule has 0 atom stereocenters. The van der Waals surface area contributed by atoms with Crippen molar-refractivity contribution in [2.75, 3.05) is 13.2 Å². The molecule has 0 saturated heterocycles. The molecule has 0 aromatic heterocycles. The lowest BCUT2D eigenvalue weighted by atomic mass is 10.1. The molecule has 26 heavy (non-hydrogen) atoms. The van der Waals surface area contributed by atoms with Crippen LogP contribution < -0.4 is 14.8 Å². The lowest BCUT2D eigenvalue weighted by Crippen LogP contribution is -2.25. The molecule has 0 fully saturated rings. The highest BCUT2D eigenvalue weighted by molar-refractivity contribution is 6.14. The van der Waals surface area contributed by atoms with Crippen LogP contribution in [0.5, 0.6) is 11.5 Å². The van der Waals surface area contributed by atoms with Crippen LogP contribution in [-0.2, 0) is 11.2 Å². The smallest absolute Gasteiger partial charge is 0.275 e. The van der Waals surface area contributed by atoms with Gasteiger partial charge in [-0.05, 0) is 41.5 Å². The van der Waals surface area contributed by atoms with Gasteiger partial charge in [-0.15, -0.1) is 0 Å². The van der Waals surface area contributed by atoms with Gasteiger partial charge in [-0.1, -0.05) is 18.2 Å². The third-order valence-corrected chi connectivity index (χ3v) is 4.11. The van der Waals surface area contributed by atoms with Crippen LogP contribution in [0.25, 0.3) is 6.08 Å².